The normalized spacial score (nSPS) is 10.1. The van der Waals surface area contributed by atoms with E-state index in [1.807, 2.05) is 36.4 Å². The van der Waals surface area contributed by atoms with Gasteiger partial charge >= 0.3 is 5.97 Å². The summed E-state index contributed by atoms with van der Waals surface area (Å²) in [6, 6.07) is 13.2. The molecule has 0 fully saturated rings. The molecular weight excluding hydrogens is 456 g/mol. The van der Waals surface area contributed by atoms with E-state index in [0.717, 1.165) is 12.8 Å². The average molecular weight is 465 g/mol. The van der Waals surface area contributed by atoms with E-state index in [1.165, 1.54) is 0 Å². The van der Waals surface area contributed by atoms with Crippen LogP contribution >= 0.6 is 45.2 Å². The number of ether oxygens (including phenoxy) is 1. The van der Waals surface area contributed by atoms with Crippen LogP contribution in [0.15, 0.2) is 42.5 Å². The molecule has 5 heteroatoms. The zero-order chi connectivity index (χ0) is 13.0. The lowest BCUT2D eigenvalue weighted by molar-refractivity contribution is 0.0465. The standard InChI is InChI=1S/C13H9I2NO2/c14-10-6-11(16-12(15)7-10)13(17)18-8-9-4-2-1-3-5-9/h1-7H,8H2. The molecule has 0 saturated heterocycles. The lowest BCUT2D eigenvalue weighted by Crippen LogP contribution is -2.08. The summed E-state index contributed by atoms with van der Waals surface area (Å²) in [4.78, 5) is 16.0. The molecular formula is C13H9I2NO2. The summed E-state index contributed by atoms with van der Waals surface area (Å²) >= 11 is 4.23. The quantitative estimate of drug-likeness (QED) is 0.395. The molecule has 2 rings (SSSR count). The molecule has 1 aromatic carbocycles. The number of aromatic nitrogens is 1. The van der Waals surface area contributed by atoms with Gasteiger partial charge < -0.3 is 4.74 Å². The minimum Gasteiger partial charge on any atom is -0.456 e. The predicted octanol–water partition coefficient (Wildman–Crippen LogP) is 3.65. The molecule has 0 spiro atoms. The van der Waals surface area contributed by atoms with Crippen molar-refractivity contribution in [1.82, 2.24) is 4.98 Å². The van der Waals surface area contributed by atoms with E-state index in [1.54, 1.807) is 6.07 Å². The van der Waals surface area contributed by atoms with Crippen molar-refractivity contribution in [2.75, 3.05) is 0 Å². The monoisotopic (exact) mass is 465 g/mol. The zero-order valence-corrected chi connectivity index (χ0v) is 13.6. The average Bonchev–Trinajstić information content (AvgIpc) is 2.36. The van der Waals surface area contributed by atoms with Crippen LogP contribution in [0.2, 0.25) is 0 Å². The van der Waals surface area contributed by atoms with Crippen LogP contribution in [0.4, 0.5) is 0 Å². The largest absolute Gasteiger partial charge is 0.456 e. The maximum Gasteiger partial charge on any atom is 0.357 e. The van der Waals surface area contributed by atoms with Gasteiger partial charge in [-0.1, -0.05) is 30.3 Å². The van der Waals surface area contributed by atoms with Crippen molar-refractivity contribution in [2.45, 2.75) is 6.61 Å². The van der Waals surface area contributed by atoms with Crippen molar-refractivity contribution in [3.63, 3.8) is 0 Å². The number of esters is 1. The lowest BCUT2D eigenvalue weighted by Gasteiger charge is -2.05. The van der Waals surface area contributed by atoms with Gasteiger partial charge in [-0.3, -0.25) is 0 Å². The molecule has 0 bridgehead atoms. The number of benzene rings is 1. The van der Waals surface area contributed by atoms with Gasteiger partial charge in [0.1, 0.15) is 10.3 Å². The maximum atomic E-state index is 11.8. The van der Waals surface area contributed by atoms with Crippen molar-refractivity contribution in [2.24, 2.45) is 0 Å². The first kappa shape index (κ1) is 13.7. The molecule has 0 unspecified atom stereocenters. The number of nitrogens with zero attached hydrogens (tertiary/aromatic N) is 1. The van der Waals surface area contributed by atoms with Gasteiger partial charge in [0, 0.05) is 3.57 Å². The Morgan fingerprint density at radius 1 is 1.17 bits per heavy atom. The maximum absolute atomic E-state index is 11.8. The number of hydrogen-bond acceptors (Lipinski definition) is 3. The molecule has 2 aromatic rings. The topological polar surface area (TPSA) is 39.2 Å². The number of pyridine rings is 1. The molecule has 0 amide bonds. The molecule has 0 N–H and O–H groups in total. The Hall–Kier alpha value is -0.700. The molecule has 1 heterocycles. The van der Waals surface area contributed by atoms with Crippen LogP contribution in [0.1, 0.15) is 16.1 Å². The van der Waals surface area contributed by atoms with Gasteiger partial charge in [0.15, 0.2) is 5.69 Å². The zero-order valence-electron chi connectivity index (χ0n) is 9.27. The fourth-order valence-corrected chi connectivity index (χ4v) is 3.15. The van der Waals surface area contributed by atoms with E-state index in [2.05, 4.69) is 50.2 Å². The molecule has 3 nitrogen and oxygen atoms in total. The van der Waals surface area contributed by atoms with Gasteiger partial charge in [-0.05, 0) is 62.9 Å². The van der Waals surface area contributed by atoms with Crippen molar-refractivity contribution >= 4 is 51.2 Å². The summed E-state index contributed by atoms with van der Waals surface area (Å²) in [5, 5.41) is 0. The van der Waals surface area contributed by atoms with Gasteiger partial charge in [-0.25, -0.2) is 9.78 Å². The molecule has 0 atom stereocenters. The van der Waals surface area contributed by atoms with Crippen LogP contribution in [-0.4, -0.2) is 11.0 Å². The fourth-order valence-electron chi connectivity index (χ4n) is 1.37. The number of carbonyl (C=O) groups is 1. The number of hydrogen-bond donors (Lipinski definition) is 0. The Balaban J connectivity index is 2.04. The first-order valence-corrected chi connectivity index (χ1v) is 7.35. The SMILES string of the molecule is O=C(OCc1ccccc1)c1cc(I)cc(I)n1. The van der Waals surface area contributed by atoms with Crippen molar-refractivity contribution in [3.8, 4) is 0 Å². The molecule has 0 aliphatic rings. The molecule has 0 aliphatic carbocycles. The molecule has 0 saturated carbocycles. The minimum absolute atomic E-state index is 0.267. The van der Waals surface area contributed by atoms with Crippen LogP contribution < -0.4 is 0 Å². The molecule has 92 valence electrons. The summed E-state index contributed by atoms with van der Waals surface area (Å²) in [5.74, 6) is -0.393. The lowest BCUT2D eigenvalue weighted by atomic mass is 10.2. The third-order valence-electron chi connectivity index (χ3n) is 2.18. The summed E-state index contributed by atoms with van der Waals surface area (Å²) in [6.07, 6.45) is 0. The number of rotatable bonds is 3. The second-order valence-electron chi connectivity index (χ2n) is 3.56. The fraction of sp³-hybridized carbons (Fsp3) is 0.0769. The Morgan fingerprint density at radius 2 is 1.89 bits per heavy atom. The Morgan fingerprint density at radius 3 is 2.56 bits per heavy atom. The van der Waals surface area contributed by atoms with E-state index in [0.29, 0.717) is 5.69 Å². The van der Waals surface area contributed by atoms with Crippen molar-refractivity contribution in [1.29, 1.82) is 0 Å². The van der Waals surface area contributed by atoms with E-state index < -0.39 is 5.97 Å². The Labute approximate surface area is 132 Å². The first-order valence-electron chi connectivity index (χ1n) is 5.19. The second-order valence-corrected chi connectivity index (χ2v) is 5.91. The highest BCUT2D eigenvalue weighted by Crippen LogP contribution is 2.12. The van der Waals surface area contributed by atoms with Crippen molar-refractivity contribution in [3.05, 3.63) is 61.0 Å². The summed E-state index contributed by atoms with van der Waals surface area (Å²) < 4.78 is 6.97. The first-order chi connectivity index (χ1) is 8.65. The molecule has 1 aromatic heterocycles. The van der Waals surface area contributed by atoms with Gasteiger partial charge in [0.05, 0.1) is 0 Å². The van der Waals surface area contributed by atoms with Crippen molar-refractivity contribution < 1.29 is 9.53 Å². The van der Waals surface area contributed by atoms with E-state index in [-0.39, 0.29) is 6.61 Å². The highest BCUT2D eigenvalue weighted by Gasteiger charge is 2.10. The van der Waals surface area contributed by atoms with Crippen LogP contribution in [0.5, 0.6) is 0 Å². The Bertz CT molecular complexity index is 538. The van der Waals surface area contributed by atoms with E-state index in [4.69, 9.17) is 4.74 Å². The second kappa shape index (κ2) is 6.46. The molecule has 0 radical (unpaired) electrons. The van der Waals surface area contributed by atoms with Crippen LogP contribution in [0.3, 0.4) is 0 Å². The Kier molecular flexibility index (Phi) is 4.93. The third kappa shape index (κ3) is 3.91. The predicted molar refractivity (Wildman–Crippen MR) is 85.2 cm³/mol. The van der Waals surface area contributed by atoms with Gasteiger partial charge in [-0.2, -0.15) is 0 Å². The van der Waals surface area contributed by atoms with Crippen LogP contribution in [0.25, 0.3) is 0 Å². The smallest absolute Gasteiger partial charge is 0.357 e. The van der Waals surface area contributed by atoms with Gasteiger partial charge in [0.2, 0.25) is 0 Å². The third-order valence-corrected chi connectivity index (χ3v) is 3.36. The van der Waals surface area contributed by atoms with Gasteiger partial charge in [0.25, 0.3) is 0 Å². The highest BCUT2D eigenvalue weighted by molar-refractivity contribution is 14.1. The molecule has 0 aliphatic heterocycles. The molecule has 18 heavy (non-hydrogen) atoms. The number of halogens is 2. The highest BCUT2D eigenvalue weighted by atomic mass is 127. The summed E-state index contributed by atoms with van der Waals surface area (Å²) in [7, 11) is 0. The van der Waals surface area contributed by atoms with Gasteiger partial charge in [-0.15, -0.1) is 0 Å². The van der Waals surface area contributed by atoms with E-state index in [9.17, 15) is 4.79 Å². The number of carbonyl (C=O) groups excluding carboxylic acids is 1. The van der Waals surface area contributed by atoms with Crippen LogP contribution in [0, 0.1) is 7.27 Å². The summed E-state index contributed by atoms with van der Waals surface area (Å²) in [6.45, 7) is 0.267. The minimum atomic E-state index is -0.393. The van der Waals surface area contributed by atoms with Crippen LogP contribution in [-0.2, 0) is 11.3 Å². The summed E-state index contributed by atoms with van der Waals surface area (Å²) in [5.41, 5.74) is 1.31. The van der Waals surface area contributed by atoms with E-state index >= 15 is 0 Å².